The summed E-state index contributed by atoms with van der Waals surface area (Å²) in [7, 11) is -1.53. The lowest BCUT2D eigenvalue weighted by Gasteiger charge is -2.21. The largest absolute Gasteiger partial charge is 0.365 e. The minimum absolute atomic E-state index is 0.385. The summed E-state index contributed by atoms with van der Waals surface area (Å²) in [6.07, 6.45) is 4.43. The highest BCUT2D eigenvalue weighted by Crippen LogP contribution is 2.33. The van der Waals surface area contributed by atoms with E-state index in [9.17, 15) is 8.42 Å². The first-order valence-electron chi connectivity index (χ1n) is 8.51. The third kappa shape index (κ3) is 2.94. The molecule has 0 atom stereocenters. The highest BCUT2D eigenvalue weighted by atomic mass is 35.5. The molecular formula is C17H21ClN4O2S. The summed E-state index contributed by atoms with van der Waals surface area (Å²) in [5, 5.41) is 4.81. The number of benzene rings is 1. The summed E-state index contributed by atoms with van der Waals surface area (Å²) in [4.78, 5) is 2.57. The Hall–Kier alpha value is -1.57. The molecule has 2 aliphatic rings. The molecule has 1 fully saturated rings. The number of hydrogen-bond donors (Lipinski definition) is 0. The molecule has 1 aromatic carbocycles. The number of fused-ring (bicyclic) bond motifs is 1. The Morgan fingerprint density at radius 3 is 2.64 bits per heavy atom. The standard InChI is InChI=1S/C17H21ClN4O2S/c1-20-17(15(18)11-19-20)12-21-9-6-13-4-5-14(10-16(13)21)25(23,24)22-7-2-3-8-22/h4-5,10-11H,2-3,6-9,12H2,1H3. The number of anilines is 1. The van der Waals surface area contributed by atoms with Crippen LogP contribution in [0.15, 0.2) is 29.3 Å². The van der Waals surface area contributed by atoms with Gasteiger partial charge < -0.3 is 4.90 Å². The summed E-state index contributed by atoms with van der Waals surface area (Å²) in [5.74, 6) is 0. The Labute approximate surface area is 153 Å². The van der Waals surface area contributed by atoms with E-state index in [0.717, 1.165) is 37.2 Å². The SMILES string of the molecule is Cn1ncc(Cl)c1CN1CCc2ccc(S(=O)(=O)N3CCCC3)cc21. The average molecular weight is 381 g/mol. The van der Waals surface area contributed by atoms with Gasteiger partial charge in [-0.3, -0.25) is 4.68 Å². The normalized spacial score (nSPS) is 18.1. The fourth-order valence-corrected chi connectivity index (χ4v) is 5.39. The molecule has 3 heterocycles. The minimum Gasteiger partial charge on any atom is -0.365 e. The molecule has 1 saturated heterocycles. The molecule has 8 heteroatoms. The third-order valence-corrected chi connectivity index (χ3v) is 7.31. The van der Waals surface area contributed by atoms with Crippen LogP contribution >= 0.6 is 11.6 Å². The summed E-state index contributed by atoms with van der Waals surface area (Å²) in [6.45, 7) is 2.71. The Kier molecular flexibility index (Phi) is 4.25. The molecule has 2 aromatic rings. The topological polar surface area (TPSA) is 58.4 Å². The van der Waals surface area contributed by atoms with Gasteiger partial charge in [0.25, 0.3) is 0 Å². The van der Waals surface area contributed by atoms with E-state index in [1.54, 1.807) is 21.3 Å². The van der Waals surface area contributed by atoms with Crippen LogP contribution in [0.5, 0.6) is 0 Å². The van der Waals surface area contributed by atoms with Crippen molar-refractivity contribution in [2.45, 2.75) is 30.7 Å². The highest BCUT2D eigenvalue weighted by Gasteiger charge is 2.29. The van der Waals surface area contributed by atoms with Crippen molar-refractivity contribution in [1.29, 1.82) is 0 Å². The zero-order chi connectivity index (χ0) is 17.6. The van der Waals surface area contributed by atoms with Crippen molar-refractivity contribution in [3.05, 3.63) is 40.7 Å². The summed E-state index contributed by atoms with van der Waals surface area (Å²) in [5.41, 5.74) is 3.10. The molecule has 134 valence electrons. The lowest BCUT2D eigenvalue weighted by molar-refractivity contribution is 0.477. The number of nitrogens with zero attached hydrogens (tertiary/aromatic N) is 4. The molecule has 0 saturated carbocycles. The van der Waals surface area contributed by atoms with Crippen LogP contribution in [0, 0.1) is 0 Å². The molecule has 1 aromatic heterocycles. The first-order chi connectivity index (χ1) is 12.0. The maximum Gasteiger partial charge on any atom is 0.243 e. The van der Waals surface area contributed by atoms with Gasteiger partial charge in [0, 0.05) is 32.4 Å². The van der Waals surface area contributed by atoms with E-state index < -0.39 is 10.0 Å². The van der Waals surface area contributed by atoms with Crippen molar-refractivity contribution in [1.82, 2.24) is 14.1 Å². The second-order valence-electron chi connectivity index (χ2n) is 6.64. The second-order valence-corrected chi connectivity index (χ2v) is 8.98. The van der Waals surface area contributed by atoms with E-state index in [-0.39, 0.29) is 0 Å². The van der Waals surface area contributed by atoms with Gasteiger partial charge in [-0.2, -0.15) is 9.40 Å². The summed E-state index contributed by atoms with van der Waals surface area (Å²) < 4.78 is 29.0. The maximum atomic E-state index is 12.8. The molecule has 0 spiro atoms. The summed E-state index contributed by atoms with van der Waals surface area (Å²) >= 11 is 6.23. The van der Waals surface area contributed by atoms with Crippen molar-refractivity contribution in [3.63, 3.8) is 0 Å². The quantitative estimate of drug-likeness (QED) is 0.817. The molecule has 4 rings (SSSR count). The molecule has 6 nitrogen and oxygen atoms in total. The lowest BCUT2D eigenvalue weighted by Crippen LogP contribution is -2.28. The number of rotatable bonds is 4. The van der Waals surface area contributed by atoms with Gasteiger partial charge in [-0.25, -0.2) is 8.42 Å². The molecule has 2 aliphatic heterocycles. The van der Waals surface area contributed by atoms with Gasteiger partial charge in [0.15, 0.2) is 0 Å². The third-order valence-electron chi connectivity index (χ3n) is 5.10. The van der Waals surface area contributed by atoms with Gasteiger partial charge in [0.05, 0.1) is 28.4 Å². The number of sulfonamides is 1. The first kappa shape index (κ1) is 16.9. The van der Waals surface area contributed by atoms with Gasteiger partial charge in [0.1, 0.15) is 0 Å². The van der Waals surface area contributed by atoms with Crippen molar-refractivity contribution in [3.8, 4) is 0 Å². The van der Waals surface area contributed by atoms with Crippen LogP contribution in [0.2, 0.25) is 5.02 Å². The molecule has 0 amide bonds. The van der Waals surface area contributed by atoms with E-state index in [0.29, 0.717) is 29.6 Å². The Morgan fingerprint density at radius 1 is 1.20 bits per heavy atom. The van der Waals surface area contributed by atoms with Gasteiger partial charge >= 0.3 is 0 Å². The van der Waals surface area contributed by atoms with Gasteiger partial charge in [-0.1, -0.05) is 17.7 Å². The molecule has 0 aliphatic carbocycles. The highest BCUT2D eigenvalue weighted by molar-refractivity contribution is 7.89. The maximum absolute atomic E-state index is 12.8. The van der Waals surface area contributed by atoms with Crippen LogP contribution in [0.1, 0.15) is 24.1 Å². The number of hydrogen-bond acceptors (Lipinski definition) is 4. The van der Waals surface area contributed by atoms with Crippen molar-refractivity contribution < 1.29 is 8.42 Å². The number of halogens is 1. The van der Waals surface area contributed by atoms with E-state index in [2.05, 4.69) is 10.00 Å². The van der Waals surface area contributed by atoms with Crippen molar-refractivity contribution >= 4 is 27.3 Å². The van der Waals surface area contributed by atoms with Crippen LogP contribution in [0.25, 0.3) is 0 Å². The van der Waals surface area contributed by atoms with Crippen LogP contribution < -0.4 is 4.90 Å². The number of aromatic nitrogens is 2. The van der Waals surface area contributed by atoms with Crippen molar-refractivity contribution in [2.75, 3.05) is 24.5 Å². The Balaban J connectivity index is 1.65. The van der Waals surface area contributed by atoms with Gasteiger partial charge in [0.2, 0.25) is 10.0 Å². The van der Waals surface area contributed by atoms with Crippen LogP contribution in [0.4, 0.5) is 5.69 Å². The zero-order valence-corrected chi connectivity index (χ0v) is 15.7. The minimum atomic E-state index is -3.40. The molecule has 0 radical (unpaired) electrons. The smallest absolute Gasteiger partial charge is 0.243 e. The fourth-order valence-electron chi connectivity index (χ4n) is 3.62. The van der Waals surface area contributed by atoms with E-state index in [1.165, 1.54) is 5.56 Å². The molecule has 25 heavy (non-hydrogen) atoms. The second kappa shape index (κ2) is 6.30. The van der Waals surface area contributed by atoms with Crippen LogP contribution in [0.3, 0.4) is 0 Å². The zero-order valence-electron chi connectivity index (χ0n) is 14.2. The predicted molar refractivity (Wildman–Crippen MR) is 97.4 cm³/mol. The molecular weight excluding hydrogens is 360 g/mol. The molecule has 0 unspecified atom stereocenters. The predicted octanol–water partition coefficient (Wildman–Crippen LogP) is 2.42. The average Bonchev–Trinajstić information content (AvgIpc) is 3.32. The van der Waals surface area contributed by atoms with E-state index in [1.807, 2.05) is 19.2 Å². The number of aryl methyl sites for hydroxylation is 1. The van der Waals surface area contributed by atoms with Gasteiger partial charge in [-0.05, 0) is 37.0 Å². The van der Waals surface area contributed by atoms with Gasteiger partial charge in [-0.15, -0.1) is 0 Å². The van der Waals surface area contributed by atoms with E-state index >= 15 is 0 Å². The van der Waals surface area contributed by atoms with Crippen molar-refractivity contribution in [2.24, 2.45) is 7.05 Å². The van der Waals surface area contributed by atoms with Crippen LogP contribution in [-0.2, 0) is 30.0 Å². The first-order valence-corrected chi connectivity index (χ1v) is 10.3. The monoisotopic (exact) mass is 380 g/mol. The lowest BCUT2D eigenvalue weighted by atomic mass is 10.2. The van der Waals surface area contributed by atoms with Crippen LogP contribution in [-0.4, -0.2) is 42.1 Å². The molecule has 0 N–H and O–H groups in total. The Morgan fingerprint density at radius 2 is 1.96 bits per heavy atom. The summed E-state index contributed by atoms with van der Waals surface area (Å²) in [6, 6.07) is 5.51. The fraction of sp³-hybridized carbons (Fsp3) is 0.471. The Bertz CT molecular complexity index is 884. The molecule has 0 bridgehead atoms. The van der Waals surface area contributed by atoms with E-state index in [4.69, 9.17) is 11.6 Å².